The van der Waals surface area contributed by atoms with Crippen LogP contribution in [0.1, 0.15) is 17.3 Å². The number of rotatable bonds is 5. The summed E-state index contributed by atoms with van der Waals surface area (Å²) in [5.74, 6) is -0.980. The highest BCUT2D eigenvalue weighted by molar-refractivity contribution is 7.14. The quantitative estimate of drug-likeness (QED) is 0.492. The summed E-state index contributed by atoms with van der Waals surface area (Å²) >= 11 is 1.32. The summed E-state index contributed by atoms with van der Waals surface area (Å²) in [6, 6.07) is 17.1. The monoisotopic (exact) mass is 391 g/mol. The van der Waals surface area contributed by atoms with Crippen molar-refractivity contribution in [3.63, 3.8) is 0 Å². The molecule has 0 unspecified atom stereocenters. The van der Waals surface area contributed by atoms with Crippen LogP contribution in [0, 0.1) is 0 Å². The Bertz CT molecular complexity index is 1130. The number of carbonyl (C=O) groups excluding carboxylic acids is 2. The van der Waals surface area contributed by atoms with Crippen LogP contribution in [0.15, 0.2) is 66.2 Å². The second-order valence-corrected chi connectivity index (χ2v) is 7.05. The first-order valence-electron chi connectivity index (χ1n) is 8.71. The van der Waals surface area contributed by atoms with Crippen LogP contribution in [0.3, 0.4) is 0 Å². The van der Waals surface area contributed by atoms with Gasteiger partial charge >= 0.3 is 5.97 Å². The van der Waals surface area contributed by atoms with Crippen LogP contribution < -0.4 is 5.32 Å². The highest BCUT2D eigenvalue weighted by Gasteiger charge is 2.22. The molecule has 0 radical (unpaired) electrons. The summed E-state index contributed by atoms with van der Waals surface area (Å²) in [5, 5.41) is 5.79. The predicted octanol–water partition coefficient (Wildman–Crippen LogP) is 4.48. The number of amides is 1. The van der Waals surface area contributed by atoms with Crippen molar-refractivity contribution >= 4 is 39.2 Å². The average Bonchev–Trinajstić information content (AvgIpc) is 3.35. The van der Waals surface area contributed by atoms with Gasteiger partial charge < -0.3 is 9.72 Å². The van der Waals surface area contributed by atoms with Crippen molar-refractivity contribution in [3.8, 4) is 11.3 Å². The van der Waals surface area contributed by atoms with Gasteiger partial charge in [-0.15, -0.1) is 11.3 Å². The number of aromatic nitrogens is 2. The fraction of sp³-hybridized carbons (Fsp3) is 0.0952. The maximum absolute atomic E-state index is 12.4. The molecule has 0 aliphatic carbocycles. The maximum atomic E-state index is 12.4. The SMILES string of the molecule is C[C@H](OC(=O)c1c[nH]c2ccccc12)C(=O)Nc1nc(-c2ccccc2)cs1. The summed E-state index contributed by atoms with van der Waals surface area (Å²) in [7, 11) is 0. The third-order valence-electron chi connectivity index (χ3n) is 4.27. The summed E-state index contributed by atoms with van der Waals surface area (Å²) in [6.07, 6.45) is 0.634. The zero-order valence-corrected chi connectivity index (χ0v) is 15.8. The molecule has 0 spiro atoms. The number of anilines is 1. The Morgan fingerprint density at radius 2 is 1.86 bits per heavy atom. The molecule has 4 aromatic rings. The number of aromatic amines is 1. The summed E-state index contributed by atoms with van der Waals surface area (Å²) < 4.78 is 5.33. The first-order valence-corrected chi connectivity index (χ1v) is 9.58. The Morgan fingerprint density at radius 3 is 2.68 bits per heavy atom. The molecule has 7 heteroatoms. The molecule has 0 bridgehead atoms. The van der Waals surface area contributed by atoms with E-state index in [4.69, 9.17) is 4.74 Å². The molecule has 0 fully saturated rings. The number of H-pyrrole nitrogens is 1. The lowest BCUT2D eigenvalue weighted by atomic mass is 10.2. The van der Waals surface area contributed by atoms with E-state index in [0.717, 1.165) is 22.2 Å². The van der Waals surface area contributed by atoms with E-state index in [1.165, 1.54) is 18.3 Å². The van der Waals surface area contributed by atoms with Crippen LogP contribution in [0.4, 0.5) is 5.13 Å². The Kier molecular flexibility index (Phi) is 4.90. The Morgan fingerprint density at radius 1 is 1.11 bits per heavy atom. The number of para-hydroxylation sites is 1. The Balaban J connectivity index is 1.41. The van der Waals surface area contributed by atoms with Crippen LogP contribution in [-0.4, -0.2) is 27.9 Å². The van der Waals surface area contributed by atoms with Crippen molar-refractivity contribution in [2.45, 2.75) is 13.0 Å². The van der Waals surface area contributed by atoms with Crippen molar-refractivity contribution < 1.29 is 14.3 Å². The average molecular weight is 391 g/mol. The number of nitrogens with zero attached hydrogens (tertiary/aromatic N) is 1. The third kappa shape index (κ3) is 3.65. The van der Waals surface area contributed by atoms with Gasteiger partial charge in [0, 0.05) is 28.0 Å². The van der Waals surface area contributed by atoms with Gasteiger partial charge in [0.15, 0.2) is 11.2 Å². The Hall–Kier alpha value is -3.45. The number of fused-ring (bicyclic) bond motifs is 1. The normalized spacial score (nSPS) is 11.9. The van der Waals surface area contributed by atoms with E-state index < -0.39 is 18.0 Å². The Labute approximate surface area is 165 Å². The molecule has 2 heterocycles. The lowest BCUT2D eigenvalue weighted by Crippen LogP contribution is -2.29. The van der Waals surface area contributed by atoms with Crippen molar-refractivity contribution in [1.29, 1.82) is 0 Å². The number of thiazole rings is 1. The number of ether oxygens (including phenoxy) is 1. The molecule has 0 aliphatic rings. The topological polar surface area (TPSA) is 84.1 Å². The minimum Gasteiger partial charge on any atom is -0.449 e. The molecule has 0 aliphatic heterocycles. The van der Waals surface area contributed by atoms with E-state index in [-0.39, 0.29) is 0 Å². The van der Waals surface area contributed by atoms with E-state index in [0.29, 0.717) is 10.7 Å². The van der Waals surface area contributed by atoms with Crippen LogP contribution in [0.2, 0.25) is 0 Å². The molecule has 2 N–H and O–H groups in total. The van der Waals surface area contributed by atoms with Gasteiger partial charge in [0.1, 0.15) is 0 Å². The second kappa shape index (κ2) is 7.66. The van der Waals surface area contributed by atoms with Gasteiger partial charge in [-0.2, -0.15) is 0 Å². The van der Waals surface area contributed by atoms with Crippen LogP contribution in [-0.2, 0) is 9.53 Å². The van der Waals surface area contributed by atoms with E-state index in [2.05, 4.69) is 15.3 Å². The zero-order chi connectivity index (χ0) is 19.5. The van der Waals surface area contributed by atoms with Gasteiger partial charge in [-0.05, 0) is 13.0 Å². The van der Waals surface area contributed by atoms with Gasteiger partial charge in [0.25, 0.3) is 5.91 Å². The number of nitrogens with one attached hydrogen (secondary N) is 2. The molecule has 4 rings (SSSR count). The van der Waals surface area contributed by atoms with Crippen LogP contribution in [0.5, 0.6) is 0 Å². The number of carbonyl (C=O) groups is 2. The van der Waals surface area contributed by atoms with Crippen molar-refractivity contribution in [3.05, 3.63) is 71.7 Å². The fourth-order valence-electron chi connectivity index (χ4n) is 2.80. The van der Waals surface area contributed by atoms with Gasteiger partial charge in [-0.25, -0.2) is 9.78 Å². The van der Waals surface area contributed by atoms with Gasteiger partial charge in [-0.1, -0.05) is 48.5 Å². The minimum atomic E-state index is -0.953. The van der Waals surface area contributed by atoms with Gasteiger partial charge in [-0.3, -0.25) is 10.1 Å². The number of esters is 1. The van der Waals surface area contributed by atoms with Crippen LogP contribution >= 0.6 is 11.3 Å². The molecule has 2 aromatic heterocycles. The highest BCUT2D eigenvalue weighted by Crippen LogP contribution is 2.25. The largest absolute Gasteiger partial charge is 0.449 e. The van der Waals surface area contributed by atoms with Gasteiger partial charge in [0.05, 0.1) is 11.3 Å². The van der Waals surface area contributed by atoms with E-state index in [1.807, 2.05) is 60.0 Å². The molecule has 0 saturated carbocycles. The fourth-order valence-corrected chi connectivity index (χ4v) is 3.52. The molecule has 6 nitrogen and oxygen atoms in total. The predicted molar refractivity (Wildman–Crippen MR) is 109 cm³/mol. The highest BCUT2D eigenvalue weighted by atomic mass is 32.1. The van der Waals surface area contributed by atoms with E-state index in [1.54, 1.807) is 6.20 Å². The molecule has 140 valence electrons. The van der Waals surface area contributed by atoms with E-state index in [9.17, 15) is 9.59 Å². The number of hydrogen-bond acceptors (Lipinski definition) is 5. The van der Waals surface area contributed by atoms with E-state index >= 15 is 0 Å². The standard InChI is InChI=1S/C21H17N3O3S/c1-13(27-20(26)16-11-22-17-10-6-5-9-15(16)17)19(25)24-21-23-18(12-28-21)14-7-3-2-4-8-14/h2-13,22H,1H3,(H,23,24,25)/t13-/m0/s1. The zero-order valence-electron chi connectivity index (χ0n) is 15.0. The summed E-state index contributed by atoms with van der Waals surface area (Å²) in [6.45, 7) is 1.54. The molecule has 1 atom stereocenters. The maximum Gasteiger partial charge on any atom is 0.341 e. The van der Waals surface area contributed by atoms with Gasteiger partial charge in [0.2, 0.25) is 0 Å². The molecule has 28 heavy (non-hydrogen) atoms. The summed E-state index contributed by atoms with van der Waals surface area (Å²) in [4.78, 5) is 32.3. The van der Waals surface area contributed by atoms with Crippen LogP contribution in [0.25, 0.3) is 22.2 Å². The molecule has 0 saturated heterocycles. The van der Waals surface area contributed by atoms with Crippen molar-refractivity contribution in [1.82, 2.24) is 9.97 Å². The lowest BCUT2D eigenvalue weighted by Gasteiger charge is -2.12. The summed E-state index contributed by atoms with van der Waals surface area (Å²) in [5.41, 5.74) is 2.99. The van der Waals surface area contributed by atoms with Crippen molar-refractivity contribution in [2.24, 2.45) is 0 Å². The third-order valence-corrected chi connectivity index (χ3v) is 5.02. The molecule has 1 amide bonds. The first kappa shape index (κ1) is 17.9. The smallest absolute Gasteiger partial charge is 0.341 e. The molecular weight excluding hydrogens is 374 g/mol. The minimum absolute atomic E-state index is 0.399. The number of hydrogen-bond donors (Lipinski definition) is 2. The first-order chi connectivity index (χ1) is 13.6. The lowest BCUT2D eigenvalue weighted by molar-refractivity contribution is -0.123. The van der Waals surface area contributed by atoms with Crippen molar-refractivity contribution in [2.75, 3.05) is 5.32 Å². The number of benzene rings is 2. The second-order valence-electron chi connectivity index (χ2n) is 6.19. The molecule has 2 aromatic carbocycles. The molecular formula is C21H17N3O3S.